The summed E-state index contributed by atoms with van der Waals surface area (Å²) >= 11 is 0. The predicted molar refractivity (Wildman–Crippen MR) is 70.0 cm³/mol. The van der Waals surface area contributed by atoms with Crippen LogP contribution in [0.5, 0.6) is 5.75 Å². The minimum absolute atomic E-state index is 0.0175. The molecule has 1 amide bonds. The van der Waals surface area contributed by atoms with E-state index in [9.17, 15) is 14.9 Å². The number of nitro benzene ring substituents is 1. The Bertz CT molecular complexity index is 462. The van der Waals surface area contributed by atoms with E-state index in [4.69, 9.17) is 4.74 Å². The van der Waals surface area contributed by atoms with Crippen molar-refractivity contribution in [3.63, 3.8) is 0 Å². The first-order chi connectivity index (χ1) is 9.08. The number of carbonyl (C=O) groups is 1. The Kier molecular flexibility index (Phi) is 5.74. The van der Waals surface area contributed by atoms with E-state index in [0.29, 0.717) is 17.9 Å². The van der Waals surface area contributed by atoms with Crippen molar-refractivity contribution in [1.29, 1.82) is 0 Å². The summed E-state index contributed by atoms with van der Waals surface area (Å²) in [7, 11) is 3.30. The Hall–Kier alpha value is -2.15. The molecule has 104 valence electrons. The van der Waals surface area contributed by atoms with Gasteiger partial charge in [-0.1, -0.05) is 0 Å². The molecular formula is C12H17N3O4. The molecule has 0 aromatic heterocycles. The van der Waals surface area contributed by atoms with Crippen molar-refractivity contribution in [2.24, 2.45) is 0 Å². The molecule has 7 nitrogen and oxygen atoms in total. The molecule has 0 radical (unpaired) electrons. The van der Waals surface area contributed by atoms with Gasteiger partial charge in [0, 0.05) is 31.3 Å². The second-order valence-electron chi connectivity index (χ2n) is 3.85. The normalized spacial score (nSPS) is 10.0. The molecule has 1 aromatic rings. The summed E-state index contributed by atoms with van der Waals surface area (Å²) in [5.41, 5.74) is 0.706. The first-order valence-electron chi connectivity index (χ1n) is 5.83. The van der Waals surface area contributed by atoms with Gasteiger partial charge in [0.1, 0.15) is 5.75 Å². The van der Waals surface area contributed by atoms with Gasteiger partial charge in [-0.15, -0.1) is 0 Å². The first kappa shape index (κ1) is 14.9. The highest BCUT2D eigenvalue weighted by atomic mass is 16.6. The van der Waals surface area contributed by atoms with Crippen molar-refractivity contribution >= 4 is 11.6 Å². The van der Waals surface area contributed by atoms with E-state index in [0.717, 1.165) is 0 Å². The van der Waals surface area contributed by atoms with Gasteiger partial charge in [0.2, 0.25) is 5.91 Å². The van der Waals surface area contributed by atoms with Crippen molar-refractivity contribution in [1.82, 2.24) is 10.6 Å². The van der Waals surface area contributed by atoms with Gasteiger partial charge < -0.3 is 15.4 Å². The molecule has 0 bridgehead atoms. The number of ether oxygens (including phenoxy) is 1. The minimum atomic E-state index is -0.451. The second kappa shape index (κ2) is 7.32. The lowest BCUT2D eigenvalue weighted by molar-refractivity contribution is -0.384. The number of amides is 1. The third-order valence-electron chi connectivity index (χ3n) is 2.49. The molecule has 0 aliphatic carbocycles. The zero-order valence-corrected chi connectivity index (χ0v) is 10.9. The Morgan fingerprint density at radius 3 is 2.74 bits per heavy atom. The molecule has 0 aliphatic heterocycles. The SMILES string of the molecule is CNCc1cc([N+](=O)[O-])ccc1OCCC(=O)NC. The molecule has 0 aliphatic rings. The largest absolute Gasteiger partial charge is 0.493 e. The molecule has 0 spiro atoms. The van der Waals surface area contributed by atoms with Crippen LogP contribution in [0.25, 0.3) is 0 Å². The summed E-state index contributed by atoms with van der Waals surface area (Å²) in [5, 5.41) is 16.1. The van der Waals surface area contributed by atoms with Crippen LogP contribution in [0, 0.1) is 10.1 Å². The van der Waals surface area contributed by atoms with Crippen LogP contribution in [0.1, 0.15) is 12.0 Å². The number of nitrogens with zero attached hydrogens (tertiary/aromatic N) is 1. The van der Waals surface area contributed by atoms with Crippen molar-refractivity contribution in [2.45, 2.75) is 13.0 Å². The van der Waals surface area contributed by atoms with E-state index < -0.39 is 4.92 Å². The van der Waals surface area contributed by atoms with Crippen LogP contribution in [0.4, 0.5) is 5.69 Å². The van der Waals surface area contributed by atoms with Crippen molar-refractivity contribution < 1.29 is 14.5 Å². The summed E-state index contributed by atoms with van der Waals surface area (Å²) in [5.74, 6) is 0.431. The molecule has 19 heavy (non-hydrogen) atoms. The highest BCUT2D eigenvalue weighted by molar-refractivity contribution is 5.75. The number of carbonyl (C=O) groups excluding carboxylic acids is 1. The summed E-state index contributed by atoms with van der Waals surface area (Å²) in [6, 6.07) is 4.40. The van der Waals surface area contributed by atoms with Gasteiger partial charge in [-0.3, -0.25) is 14.9 Å². The van der Waals surface area contributed by atoms with E-state index >= 15 is 0 Å². The van der Waals surface area contributed by atoms with Crippen LogP contribution < -0.4 is 15.4 Å². The maximum atomic E-state index is 11.1. The quantitative estimate of drug-likeness (QED) is 0.563. The number of benzene rings is 1. The number of rotatable bonds is 7. The van der Waals surface area contributed by atoms with Crippen molar-refractivity contribution in [3.05, 3.63) is 33.9 Å². The molecular weight excluding hydrogens is 250 g/mol. The van der Waals surface area contributed by atoms with Crippen molar-refractivity contribution in [3.8, 4) is 5.75 Å². The fourth-order valence-electron chi connectivity index (χ4n) is 1.53. The smallest absolute Gasteiger partial charge is 0.270 e. The van der Waals surface area contributed by atoms with E-state index in [1.54, 1.807) is 20.2 Å². The van der Waals surface area contributed by atoms with Gasteiger partial charge in [-0.2, -0.15) is 0 Å². The number of hydrogen-bond donors (Lipinski definition) is 2. The Labute approximate surface area is 111 Å². The molecule has 1 aromatic carbocycles. The average molecular weight is 267 g/mol. The Balaban J connectivity index is 2.75. The molecule has 0 saturated heterocycles. The average Bonchev–Trinajstić information content (AvgIpc) is 2.40. The molecule has 1 rings (SSSR count). The molecule has 0 heterocycles. The molecule has 0 fully saturated rings. The molecule has 0 unspecified atom stereocenters. The molecule has 0 atom stereocenters. The predicted octanol–water partition coefficient (Wildman–Crippen LogP) is 0.829. The number of hydrogen-bond acceptors (Lipinski definition) is 5. The summed E-state index contributed by atoms with van der Waals surface area (Å²) in [4.78, 5) is 21.3. The number of nitro groups is 1. The highest BCUT2D eigenvalue weighted by Crippen LogP contribution is 2.24. The fourth-order valence-corrected chi connectivity index (χ4v) is 1.53. The van der Waals surface area contributed by atoms with Crippen LogP contribution in [-0.4, -0.2) is 31.5 Å². The monoisotopic (exact) mass is 267 g/mol. The maximum Gasteiger partial charge on any atom is 0.270 e. The van der Waals surface area contributed by atoms with E-state index in [1.165, 1.54) is 12.1 Å². The number of nitrogens with one attached hydrogen (secondary N) is 2. The fraction of sp³-hybridized carbons (Fsp3) is 0.417. The van der Waals surface area contributed by atoms with Crippen molar-refractivity contribution in [2.75, 3.05) is 20.7 Å². The topological polar surface area (TPSA) is 93.5 Å². The summed E-state index contributed by atoms with van der Waals surface area (Å²) in [6.07, 6.45) is 0.243. The zero-order valence-electron chi connectivity index (χ0n) is 10.9. The van der Waals surface area contributed by atoms with Gasteiger partial charge in [0.05, 0.1) is 18.0 Å². The summed E-state index contributed by atoms with van der Waals surface area (Å²) in [6.45, 7) is 0.686. The van der Waals surface area contributed by atoms with Crippen LogP contribution in [0.2, 0.25) is 0 Å². The lowest BCUT2D eigenvalue weighted by atomic mass is 10.1. The van der Waals surface area contributed by atoms with Gasteiger partial charge in [0.25, 0.3) is 5.69 Å². The minimum Gasteiger partial charge on any atom is -0.493 e. The Morgan fingerprint density at radius 2 is 2.16 bits per heavy atom. The Morgan fingerprint density at radius 1 is 1.42 bits per heavy atom. The van der Waals surface area contributed by atoms with Crippen LogP contribution in [0.3, 0.4) is 0 Å². The molecule has 0 saturated carbocycles. The first-order valence-corrected chi connectivity index (χ1v) is 5.83. The van der Waals surface area contributed by atoms with Gasteiger partial charge >= 0.3 is 0 Å². The van der Waals surface area contributed by atoms with E-state index in [-0.39, 0.29) is 24.6 Å². The van der Waals surface area contributed by atoms with Gasteiger partial charge in [0.15, 0.2) is 0 Å². The molecule has 7 heteroatoms. The lowest BCUT2D eigenvalue weighted by Gasteiger charge is -2.10. The van der Waals surface area contributed by atoms with E-state index in [2.05, 4.69) is 10.6 Å². The van der Waals surface area contributed by atoms with Gasteiger partial charge in [-0.25, -0.2) is 0 Å². The summed E-state index contributed by atoms with van der Waals surface area (Å²) < 4.78 is 5.47. The van der Waals surface area contributed by atoms with Gasteiger partial charge in [-0.05, 0) is 13.1 Å². The standard InChI is InChI=1S/C12H17N3O4/c1-13-8-9-7-10(15(17)18)3-4-11(9)19-6-5-12(16)14-2/h3-4,7,13H,5-6,8H2,1-2H3,(H,14,16). The molecule has 2 N–H and O–H groups in total. The lowest BCUT2D eigenvalue weighted by Crippen LogP contribution is -2.20. The van der Waals surface area contributed by atoms with Crippen LogP contribution in [0.15, 0.2) is 18.2 Å². The third kappa shape index (κ3) is 4.55. The van der Waals surface area contributed by atoms with Crippen LogP contribution >= 0.6 is 0 Å². The van der Waals surface area contributed by atoms with Crippen LogP contribution in [-0.2, 0) is 11.3 Å². The zero-order chi connectivity index (χ0) is 14.3. The van der Waals surface area contributed by atoms with E-state index in [1.807, 2.05) is 0 Å². The third-order valence-corrected chi connectivity index (χ3v) is 2.49. The highest BCUT2D eigenvalue weighted by Gasteiger charge is 2.11. The second-order valence-corrected chi connectivity index (χ2v) is 3.85. The number of non-ortho nitro benzene ring substituents is 1. The maximum absolute atomic E-state index is 11.1.